The fourth-order valence-electron chi connectivity index (χ4n) is 2.76. The first-order chi connectivity index (χ1) is 11.8. The summed E-state index contributed by atoms with van der Waals surface area (Å²) in [4.78, 5) is 14.4. The van der Waals surface area contributed by atoms with Gasteiger partial charge in [-0.1, -0.05) is 6.42 Å². The molecular formula is C17H27N3O3S2. The summed E-state index contributed by atoms with van der Waals surface area (Å²) in [5, 5.41) is 2.66. The summed E-state index contributed by atoms with van der Waals surface area (Å²) in [5.74, 6) is -0.136. The highest BCUT2D eigenvalue weighted by molar-refractivity contribution is 7.99. The van der Waals surface area contributed by atoms with Gasteiger partial charge in [-0.25, -0.2) is 8.42 Å². The highest BCUT2D eigenvalue weighted by Crippen LogP contribution is 2.30. The fraction of sp³-hybridized carbons (Fsp3) is 0.588. The van der Waals surface area contributed by atoms with Crippen LogP contribution < -0.4 is 10.2 Å². The second kappa shape index (κ2) is 8.42. The number of nitrogens with zero attached hydrogens (tertiary/aromatic N) is 2. The molecule has 0 radical (unpaired) electrons. The van der Waals surface area contributed by atoms with Crippen LogP contribution in [0.5, 0.6) is 0 Å². The highest BCUT2D eigenvalue weighted by atomic mass is 32.2. The average molecular weight is 386 g/mol. The quantitative estimate of drug-likeness (QED) is 0.815. The molecule has 0 aromatic heterocycles. The molecule has 1 heterocycles. The minimum absolute atomic E-state index is 0.136. The summed E-state index contributed by atoms with van der Waals surface area (Å²) in [5.41, 5.74) is 1.30. The summed E-state index contributed by atoms with van der Waals surface area (Å²) < 4.78 is 27.3. The minimum Gasteiger partial charge on any atom is -0.376 e. The van der Waals surface area contributed by atoms with Crippen LogP contribution >= 0.6 is 11.8 Å². The highest BCUT2D eigenvalue weighted by Gasteiger charge is 2.27. The standard InChI is InChI=1S/C17H27N3O3S2/c1-13(24-4)17(21)18-15-12-14(8-9-16(15)19(2)3)25(22,23)20-10-6-5-7-11-20/h8-9,12-13H,5-7,10-11H2,1-4H3,(H,18,21). The van der Waals surface area contributed by atoms with E-state index in [1.165, 1.54) is 16.1 Å². The van der Waals surface area contributed by atoms with Crippen molar-refractivity contribution in [3.05, 3.63) is 18.2 Å². The molecule has 1 saturated heterocycles. The van der Waals surface area contributed by atoms with Gasteiger partial charge in [0.15, 0.2) is 0 Å². The van der Waals surface area contributed by atoms with Crippen LogP contribution in [-0.2, 0) is 14.8 Å². The van der Waals surface area contributed by atoms with E-state index < -0.39 is 10.0 Å². The molecule has 1 fully saturated rings. The lowest BCUT2D eigenvalue weighted by Crippen LogP contribution is -2.35. The summed E-state index contributed by atoms with van der Waals surface area (Å²) in [6, 6.07) is 4.94. The van der Waals surface area contributed by atoms with Crippen LogP contribution in [0, 0.1) is 0 Å². The first kappa shape index (κ1) is 20.1. The fourth-order valence-corrected chi connectivity index (χ4v) is 4.58. The van der Waals surface area contributed by atoms with Crippen LogP contribution in [0.2, 0.25) is 0 Å². The Morgan fingerprint density at radius 2 is 1.88 bits per heavy atom. The van der Waals surface area contributed by atoms with E-state index in [-0.39, 0.29) is 16.1 Å². The van der Waals surface area contributed by atoms with Crippen LogP contribution in [-0.4, -0.2) is 57.3 Å². The molecule has 1 aromatic carbocycles. The van der Waals surface area contributed by atoms with Gasteiger partial charge in [0.2, 0.25) is 15.9 Å². The smallest absolute Gasteiger partial charge is 0.243 e. The number of hydrogen-bond donors (Lipinski definition) is 1. The average Bonchev–Trinajstić information content (AvgIpc) is 2.61. The van der Waals surface area contributed by atoms with E-state index >= 15 is 0 Å². The van der Waals surface area contributed by atoms with Gasteiger partial charge in [0.05, 0.1) is 21.5 Å². The third-order valence-corrected chi connectivity index (χ3v) is 7.20. The van der Waals surface area contributed by atoms with Gasteiger partial charge in [-0.15, -0.1) is 0 Å². The van der Waals surface area contributed by atoms with Crippen LogP contribution in [0.4, 0.5) is 11.4 Å². The number of piperidine rings is 1. The van der Waals surface area contributed by atoms with Crippen molar-refractivity contribution in [1.29, 1.82) is 0 Å². The van der Waals surface area contributed by atoms with Crippen molar-refractivity contribution < 1.29 is 13.2 Å². The maximum Gasteiger partial charge on any atom is 0.243 e. The lowest BCUT2D eigenvalue weighted by atomic mass is 10.2. The van der Waals surface area contributed by atoms with Crippen molar-refractivity contribution in [3.63, 3.8) is 0 Å². The number of rotatable bonds is 6. The molecule has 25 heavy (non-hydrogen) atoms. The zero-order valence-electron chi connectivity index (χ0n) is 15.3. The summed E-state index contributed by atoms with van der Waals surface area (Å²) in [7, 11) is 0.195. The molecule has 6 nitrogen and oxygen atoms in total. The number of benzene rings is 1. The molecule has 140 valence electrons. The van der Waals surface area contributed by atoms with E-state index in [0.29, 0.717) is 18.8 Å². The molecule has 0 bridgehead atoms. The van der Waals surface area contributed by atoms with Crippen LogP contribution in [0.3, 0.4) is 0 Å². The molecule has 1 aliphatic heterocycles. The SMILES string of the molecule is CSC(C)C(=O)Nc1cc(S(=O)(=O)N2CCCCC2)ccc1N(C)C. The molecule has 1 aliphatic rings. The summed E-state index contributed by atoms with van der Waals surface area (Å²) >= 11 is 1.45. The van der Waals surface area contributed by atoms with Gasteiger partial charge in [0, 0.05) is 27.2 Å². The monoisotopic (exact) mass is 385 g/mol. The molecule has 0 saturated carbocycles. The van der Waals surface area contributed by atoms with Crippen molar-refractivity contribution in [1.82, 2.24) is 4.31 Å². The second-order valence-corrected chi connectivity index (χ2v) is 9.52. The van der Waals surface area contributed by atoms with Gasteiger partial charge in [-0.2, -0.15) is 16.1 Å². The molecule has 1 amide bonds. The summed E-state index contributed by atoms with van der Waals surface area (Å²) in [6.45, 7) is 2.94. The Morgan fingerprint density at radius 1 is 1.24 bits per heavy atom. The normalized spacial score (nSPS) is 17.1. The van der Waals surface area contributed by atoms with Gasteiger partial charge >= 0.3 is 0 Å². The maximum atomic E-state index is 12.9. The number of carbonyl (C=O) groups is 1. The van der Waals surface area contributed by atoms with Gasteiger partial charge in [0.1, 0.15) is 0 Å². The molecule has 1 aromatic rings. The van der Waals surface area contributed by atoms with E-state index in [9.17, 15) is 13.2 Å². The van der Waals surface area contributed by atoms with Gasteiger partial charge in [0.25, 0.3) is 0 Å². The summed E-state index contributed by atoms with van der Waals surface area (Å²) in [6.07, 6.45) is 4.72. The predicted octanol–water partition coefficient (Wildman–Crippen LogP) is 2.62. The van der Waals surface area contributed by atoms with E-state index in [2.05, 4.69) is 5.32 Å². The molecule has 2 rings (SSSR count). The third kappa shape index (κ3) is 4.68. The van der Waals surface area contributed by atoms with Crippen LogP contribution in [0.15, 0.2) is 23.1 Å². The molecule has 1 unspecified atom stereocenters. The van der Waals surface area contributed by atoms with E-state index in [4.69, 9.17) is 0 Å². The first-order valence-electron chi connectivity index (χ1n) is 8.42. The molecule has 8 heteroatoms. The van der Waals surface area contributed by atoms with E-state index in [0.717, 1.165) is 24.9 Å². The largest absolute Gasteiger partial charge is 0.376 e. The van der Waals surface area contributed by atoms with Crippen molar-refractivity contribution in [2.24, 2.45) is 0 Å². The zero-order chi connectivity index (χ0) is 18.6. The number of thioether (sulfide) groups is 1. The topological polar surface area (TPSA) is 69.7 Å². The number of amides is 1. The van der Waals surface area contributed by atoms with Crippen molar-refractivity contribution >= 4 is 39.1 Å². The number of nitrogens with one attached hydrogen (secondary N) is 1. The van der Waals surface area contributed by atoms with E-state index in [1.807, 2.05) is 32.2 Å². The number of carbonyl (C=O) groups excluding carboxylic acids is 1. The number of anilines is 2. The third-order valence-electron chi connectivity index (χ3n) is 4.38. The van der Waals surface area contributed by atoms with Gasteiger partial charge < -0.3 is 10.2 Å². The Balaban J connectivity index is 2.37. The Morgan fingerprint density at radius 3 is 2.44 bits per heavy atom. The zero-order valence-corrected chi connectivity index (χ0v) is 16.9. The van der Waals surface area contributed by atoms with Crippen molar-refractivity contribution in [2.75, 3.05) is 43.7 Å². The lowest BCUT2D eigenvalue weighted by Gasteiger charge is -2.27. The Kier molecular flexibility index (Phi) is 6.76. The van der Waals surface area contributed by atoms with Crippen LogP contribution in [0.25, 0.3) is 0 Å². The molecule has 1 N–H and O–H groups in total. The predicted molar refractivity (Wildman–Crippen MR) is 105 cm³/mol. The lowest BCUT2D eigenvalue weighted by molar-refractivity contribution is -0.115. The first-order valence-corrected chi connectivity index (χ1v) is 11.2. The van der Waals surface area contributed by atoms with Crippen molar-refractivity contribution in [2.45, 2.75) is 36.3 Å². The van der Waals surface area contributed by atoms with Crippen LogP contribution in [0.1, 0.15) is 26.2 Å². The van der Waals surface area contributed by atoms with Gasteiger partial charge in [-0.05, 0) is 44.2 Å². The molecule has 0 spiro atoms. The Hall–Kier alpha value is -1.25. The second-order valence-electron chi connectivity index (χ2n) is 6.41. The Labute approximate surface area is 155 Å². The minimum atomic E-state index is -3.53. The van der Waals surface area contributed by atoms with Gasteiger partial charge in [-0.3, -0.25) is 4.79 Å². The molecular weight excluding hydrogens is 358 g/mol. The van der Waals surface area contributed by atoms with E-state index in [1.54, 1.807) is 18.2 Å². The number of sulfonamides is 1. The number of hydrogen-bond acceptors (Lipinski definition) is 5. The Bertz CT molecular complexity index is 714. The molecule has 1 atom stereocenters. The molecule has 0 aliphatic carbocycles. The van der Waals surface area contributed by atoms with Crippen molar-refractivity contribution in [3.8, 4) is 0 Å². The maximum absolute atomic E-state index is 12.9.